The molecule has 21 heavy (non-hydrogen) atoms. The molecule has 0 saturated heterocycles. The van der Waals surface area contributed by atoms with E-state index in [0.29, 0.717) is 13.0 Å². The monoisotopic (exact) mass is 304 g/mol. The molecule has 0 unspecified atom stereocenters. The Morgan fingerprint density at radius 1 is 1.29 bits per heavy atom. The second kappa shape index (κ2) is 5.92. The molecule has 0 saturated carbocycles. The van der Waals surface area contributed by atoms with Gasteiger partial charge in [0, 0.05) is 30.9 Å². The number of rotatable bonds is 3. The third-order valence-corrected chi connectivity index (χ3v) is 4.18. The summed E-state index contributed by atoms with van der Waals surface area (Å²) < 4.78 is 0. The fraction of sp³-hybridized carbons (Fsp3) is 0.312. The van der Waals surface area contributed by atoms with E-state index in [1.807, 2.05) is 18.2 Å². The van der Waals surface area contributed by atoms with Gasteiger partial charge >= 0.3 is 0 Å². The first-order valence-corrected chi connectivity index (χ1v) is 7.50. The predicted octanol–water partition coefficient (Wildman–Crippen LogP) is 2.38. The van der Waals surface area contributed by atoms with Crippen molar-refractivity contribution in [2.45, 2.75) is 25.4 Å². The highest BCUT2D eigenvalue weighted by Crippen LogP contribution is 2.28. The maximum atomic E-state index is 11.9. The van der Waals surface area contributed by atoms with E-state index >= 15 is 0 Å². The Morgan fingerprint density at radius 2 is 2.05 bits per heavy atom. The zero-order valence-corrected chi connectivity index (χ0v) is 12.4. The molecule has 2 heterocycles. The first kappa shape index (κ1) is 14.2. The molecule has 110 valence electrons. The molecule has 0 aliphatic carbocycles. The number of halogens is 1. The fourth-order valence-electron chi connectivity index (χ4n) is 2.80. The molecule has 5 heteroatoms. The van der Waals surface area contributed by atoms with Crippen molar-refractivity contribution in [2.75, 3.05) is 6.54 Å². The Bertz CT molecular complexity index is 697. The van der Waals surface area contributed by atoms with Crippen LogP contribution in [0.15, 0.2) is 35.1 Å². The third kappa shape index (κ3) is 2.82. The van der Waals surface area contributed by atoms with E-state index in [-0.39, 0.29) is 22.8 Å². The van der Waals surface area contributed by atoms with Gasteiger partial charge in [-0.15, -0.1) is 11.6 Å². The fourth-order valence-corrected chi connectivity index (χ4v) is 3.05. The quantitative estimate of drug-likeness (QED) is 0.856. The van der Waals surface area contributed by atoms with Crippen molar-refractivity contribution in [1.29, 1.82) is 0 Å². The van der Waals surface area contributed by atoms with Crippen LogP contribution < -0.4 is 5.56 Å². The van der Waals surface area contributed by atoms with E-state index in [9.17, 15) is 9.90 Å². The molecular weight excluding hydrogens is 288 g/mol. The highest BCUT2D eigenvalue weighted by Gasteiger charge is 2.22. The number of fused-ring (bicyclic) bond motifs is 1. The number of aromatic amines is 1. The highest BCUT2D eigenvalue weighted by molar-refractivity contribution is 6.17. The Morgan fingerprint density at radius 3 is 2.76 bits per heavy atom. The maximum Gasteiger partial charge on any atom is 0.256 e. The molecule has 1 aromatic heterocycles. The summed E-state index contributed by atoms with van der Waals surface area (Å²) in [4.78, 5) is 17.0. The number of nitrogens with zero attached hydrogens (tertiary/aromatic N) is 1. The van der Waals surface area contributed by atoms with Crippen molar-refractivity contribution < 1.29 is 5.11 Å². The van der Waals surface area contributed by atoms with Crippen molar-refractivity contribution in [2.24, 2.45) is 0 Å². The normalized spacial score (nSPS) is 14.9. The molecule has 2 aromatic rings. The number of nitrogens with one attached hydrogen (secondary N) is 1. The molecule has 0 bridgehead atoms. The molecule has 0 fully saturated rings. The lowest BCUT2D eigenvalue weighted by Crippen LogP contribution is -2.33. The standard InChI is InChI=1S/C16H17ClN2O2/c17-8-13-15(20)12-6-7-19(10-14(12)18-16(13)21)9-11-4-2-1-3-5-11/h1-5H,6-10H2,(H2,18,20,21). The summed E-state index contributed by atoms with van der Waals surface area (Å²) in [6.45, 7) is 2.32. The smallest absolute Gasteiger partial charge is 0.256 e. The third-order valence-electron chi connectivity index (χ3n) is 3.92. The van der Waals surface area contributed by atoms with Gasteiger partial charge in [-0.3, -0.25) is 9.69 Å². The van der Waals surface area contributed by atoms with Gasteiger partial charge in [-0.2, -0.15) is 0 Å². The van der Waals surface area contributed by atoms with Crippen LogP contribution in [0.1, 0.15) is 22.4 Å². The SMILES string of the molecule is O=c1[nH]c2c(c(O)c1CCl)CCN(Cc1ccccc1)C2. The van der Waals surface area contributed by atoms with E-state index in [4.69, 9.17) is 11.6 Å². The zero-order valence-electron chi connectivity index (χ0n) is 11.6. The van der Waals surface area contributed by atoms with E-state index in [0.717, 1.165) is 24.3 Å². The first-order valence-electron chi connectivity index (χ1n) is 6.97. The van der Waals surface area contributed by atoms with Gasteiger partial charge in [0.15, 0.2) is 0 Å². The first-order chi connectivity index (χ1) is 10.2. The van der Waals surface area contributed by atoms with Crippen LogP contribution >= 0.6 is 11.6 Å². The lowest BCUT2D eigenvalue weighted by molar-refractivity contribution is 0.238. The number of hydrogen-bond acceptors (Lipinski definition) is 3. The minimum atomic E-state index is -0.289. The Labute approximate surface area is 128 Å². The summed E-state index contributed by atoms with van der Waals surface area (Å²) in [7, 11) is 0. The summed E-state index contributed by atoms with van der Waals surface area (Å²) in [6, 6.07) is 10.2. The van der Waals surface area contributed by atoms with Crippen LogP contribution in [-0.2, 0) is 25.4 Å². The van der Waals surface area contributed by atoms with Crippen LogP contribution in [0.2, 0.25) is 0 Å². The molecule has 0 radical (unpaired) electrons. The molecule has 0 spiro atoms. The summed E-state index contributed by atoms with van der Waals surface area (Å²) in [5, 5.41) is 10.2. The van der Waals surface area contributed by atoms with Crippen molar-refractivity contribution in [3.63, 3.8) is 0 Å². The van der Waals surface area contributed by atoms with Crippen LogP contribution in [0.4, 0.5) is 0 Å². The number of hydrogen-bond donors (Lipinski definition) is 2. The van der Waals surface area contributed by atoms with Crippen LogP contribution in [0.3, 0.4) is 0 Å². The second-order valence-electron chi connectivity index (χ2n) is 5.32. The topological polar surface area (TPSA) is 56.3 Å². The van der Waals surface area contributed by atoms with Crippen molar-refractivity contribution in [3.05, 3.63) is 63.1 Å². The molecule has 4 nitrogen and oxygen atoms in total. The Kier molecular flexibility index (Phi) is 3.99. The van der Waals surface area contributed by atoms with Crippen LogP contribution in [-0.4, -0.2) is 21.5 Å². The predicted molar refractivity (Wildman–Crippen MR) is 82.5 cm³/mol. The van der Waals surface area contributed by atoms with Gasteiger partial charge in [-0.25, -0.2) is 0 Å². The molecule has 1 aliphatic heterocycles. The lowest BCUT2D eigenvalue weighted by Gasteiger charge is -2.29. The molecule has 1 aliphatic rings. The number of benzene rings is 1. The summed E-state index contributed by atoms with van der Waals surface area (Å²) in [5.41, 5.74) is 2.85. The number of pyridine rings is 1. The van der Waals surface area contributed by atoms with Crippen molar-refractivity contribution in [3.8, 4) is 5.75 Å². The number of aromatic hydroxyl groups is 1. The number of aromatic nitrogens is 1. The maximum absolute atomic E-state index is 11.9. The summed E-state index contributed by atoms with van der Waals surface area (Å²) in [5.74, 6) is 0.102. The number of alkyl halides is 1. The molecule has 1 aromatic carbocycles. The zero-order chi connectivity index (χ0) is 14.8. The van der Waals surface area contributed by atoms with Crippen molar-refractivity contribution >= 4 is 11.6 Å². The average molecular weight is 305 g/mol. The van der Waals surface area contributed by atoms with Gasteiger partial charge in [-0.1, -0.05) is 30.3 Å². The molecule has 2 N–H and O–H groups in total. The van der Waals surface area contributed by atoms with E-state index in [1.165, 1.54) is 5.56 Å². The molecule has 0 amide bonds. The summed E-state index contributed by atoms with van der Waals surface area (Å²) in [6.07, 6.45) is 0.717. The second-order valence-corrected chi connectivity index (χ2v) is 5.59. The van der Waals surface area contributed by atoms with Gasteiger partial charge in [0.05, 0.1) is 11.4 Å². The van der Waals surface area contributed by atoms with Crippen LogP contribution in [0, 0.1) is 0 Å². The largest absolute Gasteiger partial charge is 0.507 e. The van der Waals surface area contributed by atoms with Gasteiger partial charge in [0.1, 0.15) is 5.75 Å². The van der Waals surface area contributed by atoms with Crippen LogP contribution in [0.25, 0.3) is 0 Å². The minimum absolute atomic E-state index is 0.0299. The molecule has 0 atom stereocenters. The van der Waals surface area contributed by atoms with Gasteiger partial charge in [-0.05, 0) is 12.0 Å². The Hall–Kier alpha value is -1.78. The molecular formula is C16H17ClN2O2. The van der Waals surface area contributed by atoms with E-state index in [2.05, 4.69) is 22.0 Å². The minimum Gasteiger partial charge on any atom is -0.507 e. The van der Waals surface area contributed by atoms with Gasteiger partial charge < -0.3 is 10.1 Å². The van der Waals surface area contributed by atoms with E-state index < -0.39 is 0 Å². The highest BCUT2D eigenvalue weighted by atomic mass is 35.5. The van der Waals surface area contributed by atoms with Crippen LogP contribution in [0.5, 0.6) is 5.75 Å². The molecule has 3 rings (SSSR count). The van der Waals surface area contributed by atoms with Gasteiger partial charge in [0.25, 0.3) is 5.56 Å². The van der Waals surface area contributed by atoms with Crippen molar-refractivity contribution in [1.82, 2.24) is 9.88 Å². The van der Waals surface area contributed by atoms with Gasteiger partial charge in [0.2, 0.25) is 0 Å². The Balaban J connectivity index is 1.84. The summed E-state index contributed by atoms with van der Waals surface area (Å²) >= 11 is 5.73. The van der Waals surface area contributed by atoms with E-state index in [1.54, 1.807) is 0 Å². The average Bonchev–Trinajstić information content (AvgIpc) is 2.48. The lowest BCUT2D eigenvalue weighted by atomic mass is 10.0. The number of H-pyrrole nitrogens is 1.